The third-order valence-electron chi connectivity index (χ3n) is 2.83. The van der Waals surface area contributed by atoms with Crippen molar-refractivity contribution in [2.24, 2.45) is 0 Å². The number of hydrogen-bond acceptors (Lipinski definition) is 3. The Kier molecular flexibility index (Phi) is 5.14. The van der Waals surface area contributed by atoms with E-state index in [-0.39, 0.29) is 6.04 Å². The van der Waals surface area contributed by atoms with Crippen molar-refractivity contribution in [3.63, 3.8) is 0 Å². The monoisotopic (exact) mass is 295 g/mol. The van der Waals surface area contributed by atoms with Crippen molar-refractivity contribution in [1.82, 2.24) is 15.5 Å². The molecule has 1 atom stereocenters. The smallest absolute Gasteiger partial charge is 0.0643 e. The predicted molar refractivity (Wildman–Crippen MR) is 78.6 cm³/mol. The van der Waals surface area contributed by atoms with Crippen LogP contribution in [0, 0.1) is 0 Å². The second kappa shape index (κ2) is 6.85. The molecule has 1 aromatic carbocycles. The maximum atomic E-state index is 6.31. The summed E-state index contributed by atoms with van der Waals surface area (Å²) in [6.07, 6.45) is 4.45. The minimum Gasteiger partial charge on any atom is -0.306 e. The average molecular weight is 296 g/mol. The van der Waals surface area contributed by atoms with Crippen molar-refractivity contribution in [2.45, 2.75) is 19.4 Å². The molecule has 0 saturated carbocycles. The number of aromatic nitrogens is 2. The lowest BCUT2D eigenvalue weighted by Gasteiger charge is -2.20. The number of halogens is 2. The van der Waals surface area contributed by atoms with Crippen molar-refractivity contribution in [1.29, 1.82) is 0 Å². The van der Waals surface area contributed by atoms with Gasteiger partial charge in [-0.2, -0.15) is 10.2 Å². The van der Waals surface area contributed by atoms with Crippen LogP contribution < -0.4 is 5.32 Å². The Morgan fingerprint density at radius 3 is 2.74 bits per heavy atom. The molecule has 0 radical (unpaired) electrons. The van der Waals surface area contributed by atoms with Crippen LogP contribution in [-0.2, 0) is 0 Å². The van der Waals surface area contributed by atoms with Crippen molar-refractivity contribution < 1.29 is 0 Å². The summed E-state index contributed by atoms with van der Waals surface area (Å²) >= 11 is 12.4. The molecule has 0 aliphatic rings. The van der Waals surface area contributed by atoms with Crippen LogP contribution in [0.15, 0.2) is 36.7 Å². The molecular formula is C14H15Cl2N3. The van der Waals surface area contributed by atoms with Gasteiger partial charge < -0.3 is 5.32 Å². The Balaban J connectivity index is 2.40. The van der Waals surface area contributed by atoms with Gasteiger partial charge >= 0.3 is 0 Å². The van der Waals surface area contributed by atoms with Gasteiger partial charge in [-0.05, 0) is 36.2 Å². The van der Waals surface area contributed by atoms with E-state index in [0.717, 1.165) is 24.1 Å². The summed E-state index contributed by atoms with van der Waals surface area (Å²) in [7, 11) is 0. The molecule has 1 heterocycles. The van der Waals surface area contributed by atoms with Gasteiger partial charge in [-0.25, -0.2) is 0 Å². The predicted octanol–water partition coefficient (Wildman–Crippen LogP) is 3.87. The zero-order chi connectivity index (χ0) is 13.7. The summed E-state index contributed by atoms with van der Waals surface area (Å²) in [6, 6.07) is 7.56. The highest BCUT2D eigenvalue weighted by Crippen LogP contribution is 2.32. The Labute approximate surface area is 123 Å². The minimum absolute atomic E-state index is 0.0263. The molecule has 0 spiro atoms. The van der Waals surface area contributed by atoms with Gasteiger partial charge in [0.05, 0.1) is 22.3 Å². The molecule has 0 amide bonds. The van der Waals surface area contributed by atoms with Gasteiger partial charge in [-0.1, -0.05) is 42.3 Å². The zero-order valence-corrected chi connectivity index (χ0v) is 12.1. The molecule has 0 aliphatic heterocycles. The lowest BCUT2D eigenvalue weighted by atomic mass is 10.0. The molecule has 0 bridgehead atoms. The van der Waals surface area contributed by atoms with Gasteiger partial charge in [0.1, 0.15) is 0 Å². The SMILES string of the molecule is CCCNC(c1ccnnc1)c1cccc(Cl)c1Cl. The highest BCUT2D eigenvalue weighted by molar-refractivity contribution is 6.42. The van der Waals surface area contributed by atoms with Crippen molar-refractivity contribution in [3.05, 3.63) is 57.8 Å². The van der Waals surface area contributed by atoms with Gasteiger partial charge in [-0.3, -0.25) is 0 Å². The molecule has 5 heteroatoms. The Morgan fingerprint density at radius 2 is 2.05 bits per heavy atom. The van der Waals surface area contributed by atoms with Crippen LogP contribution in [0.1, 0.15) is 30.5 Å². The molecule has 19 heavy (non-hydrogen) atoms. The van der Waals surface area contributed by atoms with E-state index in [9.17, 15) is 0 Å². The van der Waals surface area contributed by atoms with Crippen molar-refractivity contribution in [3.8, 4) is 0 Å². The topological polar surface area (TPSA) is 37.8 Å². The van der Waals surface area contributed by atoms with Crippen LogP contribution in [0.25, 0.3) is 0 Å². The summed E-state index contributed by atoms with van der Waals surface area (Å²) in [4.78, 5) is 0. The largest absolute Gasteiger partial charge is 0.306 e. The Morgan fingerprint density at radius 1 is 1.21 bits per heavy atom. The molecule has 0 aliphatic carbocycles. The van der Waals surface area contributed by atoms with Gasteiger partial charge in [0.25, 0.3) is 0 Å². The van der Waals surface area contributed by atoms with Crippen molar-refractivity contribution in [2.75, 3.05) is 6.54 Å². The first-order chi connectivity index (χ1) is 9.24. The maximum absolute atomic E-state index is 6.31. The van der Waals surface area contributed by atoms with Gasteiger partial charge in [-0.15, -0.1) is 0 Å². The van der Waals surface area contributed by atoms with Crippen LogP contribution in [0.5, 0.6) is 0 Å². The molecule has 3 nitrogen and oxygen atoms in total. The average Bonchev–Trinajstić information content (AvgIpc) is 2.45. The van der Waals surface area contributed by atoms with Crippen LogP contribution >= 0.6 is 23.2 Å². The maximum Gasteiger partial charge on any atom is 0.0643 e. The normalized spacial score (nSPS) is 12.4. The van der Waals surface area contributed by atoms with E-state index in [1.807, 2.05) is 18.2 Å². The van der Waals surface area contributed by atoms with Crippen LogP contribution in [0.4, 0.5) is 0 Å². The lowest BCUT2D eigenvalue weighted by molar-refractivity contribution is 0.595. The van der Waals surface area contributed by atoms with Crippen LogP contribution in [-0.4, -0.2) is 16.7 Å². The van der Waals surface area contributed by atoms with E-state index in [2.05, 4.69) is 22.4 Å². The van der Waals surface area contributed by atoms with E-state index in [1.165, 1.54) is 0 Å². The summed E-state index contributed by atoms with van der Waals surface area (Å²) in [6.45, 7) is 3.00. The van der Waals surface area contributed by atoms with Crippen molar-refractivity contribution >= 4 is 23.2 Å². The van der Waals surface area contributed by atoms with E-state index >= 15 is 0 Å². The molecule has 100 valence electrons. The molecule has 2 aromatic rings. The quantitative estimate of drug-likeness (QED) is 0.910. The Hall–Kier alpha value is -1.16. The molecule has 1 aromatic heterocycles. The molecule has 1 unspecified atom stereocenters. The van der Waals surface area contributed by atoms with Gasteiger partial charge in [0, 0.05) is 6.20 Å². The molecule has 0 fully saturated rings. The minimum atomic E-state index is -0.0263. The highest BCUT2D eigenvalue weighted by atomic mass is 35.5. The third-order valence-corrected chi connectivity index (χ3v) is 3.66. The van der Waals surface area contributed by atoms with E-state index in [0.29, 0.717) is 10.0 Å². The van der Waals surface area contributed by atoms with Gasteiger partial charge in [0.15, 0.2) is 0 Å². The fourth-order valence-electron chi connectivity index (χ4n) is 1.91. The lowest BCUT2D eigenvalue weighted by Crippen LogP contribution is -2.23. The second-order valence-electron chi connectivity index (χ2n) is 4.21. The molecular weight excluding hydrogens is 281 g/mol. The number of rotatable bonds is 5. The highest BCUT2D eigenvalue weighted by Gasteiger charge is 2.17. The summed E-state index contributed by atoms with van der Waals surface area (Å²) in [5, 5.41) is 12.3. The molecule has 2 rings (SSSR count). The standard InChI is InChI=1S/C14H15Cl2N3/c1-2-7-17-14(10-6-8-18-19-9-10)11-4-3-5-12(15)13(11)16/h3-6,8-9,14,17H,2,7H2,1H3. The fraction of sp³-hybridized carbons (Fsp3) is 0.286. The summed E-state index contributed by atoms with van der Waals surface area (Å²) in [5.41, 5.74) is 1.98. The van der Waals surface area contributed by atoms with Gasteiger partial charge in [0.2, 0.25) is 0 Å². The first-order valence-electron chi connectivity index (χ1n) is 6.18. The number of nitrogens with zero attached hydrogens (tertiary/aromatic N) is 2. The van der Waals surface area contributed by atoms with Crippen LogP contribution in [0.2, 0.25) is 10.0 Å². The first-order valence-corrected chi connectivity index (χ1v) is 6.93. The third kappa shape index (κ3) is 3.44. The number of benzene rings is 1. The first kappa shape index (κ1) is 14.3. The van der Waals surface area contributed by atoms with E-state index in [4.69, 9.17) is 23.2 Å². The molecule has 0 saturated heterocycles. The van der Waals surface area contributed by atoms with E-state index in [1.54, 1.807) is 18.5 Å². The molecule has 1 N–H and O–H groups in total. The Bertz CT molecular complexity index is 531. The number of hydrogen-bond donors (Lipinski definition) is 1. The number of nitrogens with one attached hydrogen (secondary N) is 1. The van der Waals surface area contributed by atoms with E-state index < -0.39 is 0 Å². The fourth-order valence-corrected chi connectivity index (χ4v) is 2.33. The summed E-state index contributed by atoms with van der Waals surface area (Å²) in [5.74, 6) is 0. The van der Waals surface area contributed by atoms with Crippen LogP contribution in [0.3, 0.4) is 0 Å². The zero-order valence-electron chi connectivity index (χ0n) is 10.6. The second-order valence-corrected chi connectivity index (χ2v) is 4.99. The summed E-state index contributed by atoms with van der Waals surface area (Å²) < 4.78 is 0.